The molecule has 0 aliphatic heterocycles. The number of benzene rings is 1. The molecule has 0 atom stereocenters. The number of carbonyl (C=O) groups is 2. The van der Waals surface area contributed by atoms with E-state index in [-0.39, 0.29) is 22.9 Å². The molecule has 1 heterocycles. The normalized spacial score (nSPS) is 11.1. The number of pyridine rings is 1. The minimum atomic E-state index is -0.323. The lowest BCUT2D eigenvalue weighted by Gasteiger charge is -2.23. The average molecular weight is 353 g/mol. The van der Waals surface area contributed by atoms with Crippen LogP contribution in [-0.4, -0.2) is 34.8 Å². The molecule has 5 heteroatoms. The fourth-order valence-electron chi connectivity index (χ4n) is 2.81. The van der Waals surface area contributed by atoms with Crippen molar-refractivity contribution >= 4 is 17.5 Å². The van der Waals surface area contributed by atoms with Gasteiger partial charge >= 0.3 is 0 Å². The van der Waals surface area contributed by atoms with E-state index in [2.05, 4.69) is 31.1 Å². The Morgan fingerprint density at radius 2 is 1.73 bits per heavy atom. The second kappa shape index (κ2) is 8.13. The first-order valence-corrected chi connectivity index (χ1v) is 8.94. The number of aromatic nitrogens is 1. The minimum absolute atomic E-state index is 0.0958. The first-order chi connectivity index (χ1) is 12.3. The number of hydrogen-bond donors (Lipinski definition) is 1. The van der Waals surface area contributed by atoms with E-state index >= 15 is 0 Å². The van der Waals surface area contributed by atoms with Gasteiger partial charge in [-0.3, -0.25) is 14.6 Å². The molecule has 0 aliphatic carbocycles. The number of hydrogen-bond acceptors (Lipinski definition) is 3. The lowest BCUT2D eigenvalue weighted by molar-refractivity contribution is 0.0773. The molecule has 0 unspecified atom stereocenters. The summed E-state index contributed by atoms with van der Waals surface area (Å²) in [5, 5.41) is 2.93. The van der Waals surface area contributed by atoms with Crippen molar-refractivity contribution in [3.05, 3.63) is 59.4 Å². The third-order valence-electron chi connectivity index (χ3n) is 4.27. The van der Waals surface area contributed by atoms with E-state index in [0.717, 1.165) is 11.3 Å². The van der Waals surface area contributed by atoms with Gasteiger partial charge < -0.3 is 10.2 Å². The van der Waals surface area contributed by atoms with Crippen LogP contribution in [0.2, 0.25) is 0 Å². The van der Waals surface area contributed by atoms with Gasteiger partial charge in [-0.05, 0) is 43.0 Å². The van der Waals surface area contributed by atoms with Crippen molar-refractivity contribution in [1.82, 2.24) is 9.88 Å². The zero-order valence-corrected chi connectivity index (χ0v) is 16.2. The molecular weight excluding hydrogens is 326 g/mol. The summed E-state index contributed by atoms with van der Waals surface area (Å²) in [6, 6.07) is 10.9. The highest BCUT2D eigenvalue weighted by Gasteiger charge is 2.20. The summed E-state index contributed by atoms with van der Waals surface area (Å²) < 4.78 is 0. The predicted molar refractivity (Wildman–Crippen MR) is 105 cm³/mol. The Morgan fingerprint density at radius 1 is 1.08 bits per heavy atom. The summed E-state index contributed by atoms with van der Waals surface area (Å²) in [7, 11) is 0. The van der Waals surface area contributed by atoms with Gasteiger partial charge in [0.2, 0.25) is 0 Å². The number of nitrogens with zero attached hydrogens (tertiary/aromatic N) is 2. The van der Waals surface area contributed by atoms with Crippen molar-refractivity contribution in [1.29, 1.82) is 0 Å². The van der Waals surface area contributed by atoms with Crippen LogP contribution in [0.4, 0.5) is 5.69 Å². The van der Waals surface area contributed by atoms with Crippen LogP contribution in [0, 0.1) is 0 Å². The van der Waals surface area contributed by atoms with E-state index in [1.165, 1.54) is 6.20 Å². The molecule has 0 spiro atoms. The van der Waals surface area contributed by atoms with Crippen LogP contribution in [0.1, 0.15) is 61.0 Å². The SMILES string of the molecule is CCN(CC)C(=O)c1ccnc(C(=O)Nc2ccccc2C(C)(C)C)c1. The van der Waals surface area contributed by atoms with Crippen LogP contribution in [0.15, 0.2) is 42.6 Å². The molecule has 2 rings (SSSR count). The summed E-state index contributed by atoms with van der Waals surface area (Å²) in [6.45, 7) is 11.4. The van der Waals surface area contributed by atoms with Crippen molar-refractivity contribution in [3.63, 3.8) is 0 Å². The second-order valence-corrected chi connectivity index (χ2v) is 7.16. The van der Waals surface area contributed by atoms with Gasteiger partial charge in [-0.2, -0.15) is 0 Å². The van der Waals surface area contributed by atoms with Gasteiger partial charge in [0.15, 0.2) is 0 Å². The summed E-state index contributed by atoms with van der Waals surface area (Å²) >= 11 is 0. The standard InChI is InChI=1S/C21H27N3O2/c1-6-24(7-2)20(26)15-12-13-22-18(14-15)19(25)23-17-11-9-8-10-16(17)21(3,4)5/h8-14H,6-7H2,1-5H3,(H,23,25). The molecule has 0 aliphatic rings. The monoisotopic (exact) mass is 353 g/mol. The largest absolute Gasteiger partial charge is 0.339 e. The van der Waals surface area contributed by atoms with Crippen LogP contribution < -0.4 is 5.32 Å². The molecule has 0 saturated carbocycles. The van der Waals surface area contributed by atoms with Crippen molar-refractivity contribution < 1.29 is 9.59 Å². The minimum Gasteiger partial charge on any atom is -0.339 e. The molecule has 1 aromatic carbocycles. The van der Waals surface area contributed by atoms with Gasteiger partial charge in [0.1, 0.15) is 5.69 Å². The van der Waals surface area contributed by atoms with Crippen molar-refractivity contribution in [2.75, 3.05) is 18.4 Å². The van der Waals surface area contributed by atoms with E-state index in [9.17, 15) is 9.59 Å². The number of anilines is 1. The number of nitrogens with one attached hydrogen (secondary N) is 1. The maximum atomic E-state index is 12.7. The molecule has 26 heavy (non-hydrogen) atoms. The van der Waals surface area contributed by atoms with Gasteiger partial charge in [0.25, 0.3) is 11.8 Å². The predicted octanol–water partition coefficient (Wildman–Crippen LogP) is 4.11. The maximum absolute atomic E-state index is 12.7. The Morgan fingerprint density at radius 3 is 2.35 bits per heavy atom. The first kappa shape index (κ1) is 19.6. The summed E-state index contributed by atoms with van der Waals surface area (Å²) in [6.07, 6.45) is 1.50. The summed E-state index contributed by atoms with van der Waals surface area (Å²) in [4.78, 5) is 31.0. The number of amides is 2. The van der Waals surface area contributed by atoms with Crippen LogP contribution >= 0.6 is 0 Å². The topological polar surface area (TPSA) is 62.3 Å². The van der Waals surface area contributed by atoms with Gasteiger partial charge in [-0.25, -0.2) is 0 Å². The van der Waals surface area contributed by atoms with Crippen LogP contribution in [-0.2, 0) is 5.41 Å². The highest BCUT2D eigenvalue weighted by molar-refractivity contribution is 6.05. The lowest BCUT2D eigenvalue weighted by atomic mass is 9.86. The lowest BCUT2D eigenvalue weighted by Crippen LogP contribution is -2.30. The zero-order chi connectivity index (χ0) is 19.3. The summed E-state index contributed by atoms with van der Waals surface area (Å²) in [5.74, 6) is -0.419. The first-order valence-electron chi connectivity index (χ1n) is 8.94. The third kappa shape index (κ3) is 4.48. The molecule has 0 fully saturated rings. The molecular formula is C21H27N3O2. The Bertz CT molecular complexity index is 790. The Labute approximate surface area is 155 Å². The third-order valence-corrected chi connectivity index (χ3v) is 4.27. The molecule has 2 aromatic rings. The van der Waals surface area contributed by atoms with E-state index in [1.807, 2.05) is 38.1 Å². The van der Waals surface area contributed by atoms with Crippen LogP contribution in [0.3, 0.4) is 0 Å². The molecule has 2 amide bonds. The van der Waals surface area contributed by atoms with E-state index in [1.54, 1.807) is 17.0 Å². The fourth-order valence-corrected chi connectivity index (χ4v) is 2.81. The van der Waals surface area contributed by atoms with Crippen LogP contribution in [0.5, 0.6) is 0 Å². The fraction of sp³-hybridized carbons (Fsp3) is 0.381. The van der Waals surface area contributed by atoms with Crippen molar-refractivity contribution in [3.8, 4) is 0 Å². The van der Waals surface area contributed by atoms with E-state index < -0.39 is 0 Å². The van der Waals surface area contributed by atoms with Gasteiger partial charge in [-0.15, -0.1) is 0 Å². The molecule has 1 aromatic heterocycles. The van der Waals surface area contributed by atoms with E-state index in [0.29, 0.717) is 18.7 Å². The van der Waals surface area contributed by atoms with Crippen LogP contribution in [0.25, 0.3) is 0 Å². The molecule has 5 nitrogen and oxygen atoms in total. The van der Waals surface area contributed by atoms with Gasteiger partial charge in [0, 0.05) is 30.5 Å². The van der Waals surface area contributed by atoms with E-state index in [4.69, 9.17) is 0 Å². The Kier molecular flexibility index (Phi) is 6.14. The molecule has 138 valence electrons. The Balaban J connectivity index is 2.27. The maximum Gasteiger partial charge on any atom is 0.274 e. The smallest absolute Gasteiger partial charge is 0.274 e. The molecule has 1 N–H and O–H groups in total. The highest BCUT2D eigenvalue weighted by atomic mass is 16.2. The average Bonchev–Trinajstić information content (AvgIpc) is 2.62. The van der Waals surface area contributed by atoms with Gasteiger partial charge in [0.05, 0.1) is 0 Å². The number of rotatable bonds is 5. The summed E-state index contributed by atoms with van der Waals surface area (Å²) in [5.41, 5.74) is 2.40. The van der Waals surface area contributed by atoms with Gasteiger partial charge in [-0.1, -0.05) is 39.0 Å². The number of carbonyl (C=O) groups excluding carboxylic acids is 2. The molecule has 0 bridgehead atoms. The second-order valence-electron chi connectivity index (χ2n) is 7.16. The molecule has 0 saturated heterocycles. The molecule has 0 radical (unpaired) electrons. The number of para-hydroxylation sites is 1. The van der Waals surface area contributed by atoms with Crippen molar-refractivity contribution in [2.45, 2.75) is 40.0 Å². The Hall–Kier alpha value is -2.69. The zero-order valence-electron chi connectivity index (χ0n) is 16.2. The van der Waals surface area contributed by atoms with Crippen molar-refractivity contribution in [2.24, 2.45) is 0 Å². The quantitative estimate of drug-likeness (QED) is 0.880. The highest BCUT2D eigenvalue weighted by Crippen LogP contribution is 2.29.